The van der Waals surface area contributed by atoms with E-state index in [9.17, 15) is 0 Å². The highest BCUT2D eigenvalue weighted by Crippen LogP contribution is 2.23. The fraction of sp³-hybridized carbons (Fsp3) is 0.333. The summed E-state index contributed by atoms with van der Waals surface area (Å²) in [7, 11) is 0. The zero-order valence-electron chi connectivity index (χ0n) is 7.36. The summed E-state index contributed by atoms with van der Waals surface area (Å²) in [6.45, 7) is 3.37. The molecular weight excluding hydrogens is 184 g/mol. The molecular formula is C9H10N2OS. The third-order valence-electron chi connectivity index (χ3n) is 1.77. The van der Waals surface area contributed by atoms with Crippen LogP contribution in [0.4, 0.5) is 0 Å². The first-order chi connectivity index (χ1) is 6.42. The standard InChI is InChI=1S/C9H10N2OS/c1-2-12-4-7-5-13-8-3-10-6-11-9(7)8/h3,5-6H,2,4H2,1H3. The van der Waals surface area contributed by atoms with Crippen molar-refractivity contribution >= 4 is 21.6 Å². The second kappa shape index (κ2) is 3.81. The number of rotatable bonds is 3. The van der Waals surface area contributed by atoms with Crippen LogP contribution in [0.5, 0.6) is 0 Å². The number of hydrogen-bond acceptors (Lipinski definition) is 4. The van der Waals surface area contributed by atoms with Crippen LogP contribution in [0, 0.1) is 0 Å². The van der Waals surface area contributed by atoms with Crippen molar-refractivity contribution in [3.8, 4) is 0 Å². The Kier molecular flexibility index (Phi) is 2.52. The predicted molar refractivity (Wildman–Crippen MR) is 52.7 cm³/mol. The Morgan fingerprint density at radius 2 is 2.46 bits per heavy atom. The summed E-state index contributed by atoms with van der Waals surface area (Å²) in [5.74, 6) is 0. The SMILES string of the molecule is CCOCc1csc2cncnc12. The third kappa shape index (κ3) is 1.68. The molecule has 4 heteroatoms. The van der Waals surface area contributed by atoms with Crippen LogP contribution in [0.2, 0.25) is 0 Å². The highest BCUT2D eigenvalue weighted by Gasteiger charge is 2.03. The van der Waals surface area contributed by atoms with Crippen LogP contribution in [0.25, 0.3) is 10.2 Å². The van der Waals surface area contributed by atoms with Crippen molar-refractivity contribution in [2.75, 3.05) is 6.61 Å². The van der Waals surface area contributed by atoms with E-state index in [1.165, 1.54) is 0 Å². The smallest absolute Gasteiger partial charge is 0.116 e. The second-order valence-electron chi connectivity index (χ2n) is 2.63. The fourth-order valence-electron chi connectivity index (χ4n) is 1.15. The van der Waals surface area contributed by atoms with Gasteiger partial charge >= 0.3 is 0 Å². The van der Waals surface area contributed by atoms with E-state index in [0.29, 0.717) is 6.61 Å². The van der Waals surface area contributed by atoms with Gasteiger partial charge < -0.3 is 4.74 Å². The lowest BCUT2D eigenvalue weighted by molar-refractivity contribution is 0.135. The van der Waals surface area contributed by atoms with Crippen molar-refractivity contribution in [2.45, 2.75) is 13.5 Å². The van der Waals surface area contributed by atoms with Gasteiger partial charge in [-0.1, -0.05) is 0 Å². The largest absolute Gasteiger partial charge is 0.377 e. The Hall–Kier alpha value is -1.00. The summed E-state index contributed by atoms with van der Waals surface area (Å²) in [5.41, 5.74) is 2.18. The minimum absolute atomic E-state index is 0.646. The number of fused-ring (bicyclic) bond motifs is 1. The molecule has 0 unspecified atom stereocenters. The number of aromatic nitrogens is 2. The molecule has 68 valence electrons. The molecule has 3 nitrogen and oxygen atoms in total. The Morgan fingerprint density at radius 1 is 1.54 bits per heavy atom. The van der Waals surface area contributed by atoms with Gasteiger partial charge in [0.05, 0.1) is 16.8 Å². The Bertz CT molecular complexity index is 399. The topological polar surface area (TPSA) is 35.0 Å². The van der Waals surface area contributed by atoms with Gasteiger partial charge in [-0.3, -0.25) is 0 Å². The van der Waals surface area contributed by atoms with Crippen LogP contribution >= 0.6 is 11.3 Å². The summed E-state index contributed by atoms with van der Waals surface area (Å²) in [5, 5.41) is 2.08. The molecule has 0 saturated carbocycles. The lowest BCUT2D eigenvalue weighted by Crippen LogP contribution is -1.91. The van der Waals surface area contributed by atoms with Crippen molar-refractivity contribution in [1.82, 2.24) is 9.97 Å². The van der Waals surface area contributed by atoms with Gasteiger partial charge in [-0.15, -0.1) is 11.3 Å². The average molecular weight is 194 g/mol. The lowest BCUT2D eigenvalue weighted by atomic mass is 10.3. The van der Waals surface area contributed by atoms with Crippen molar-refractivity contribution in [1.29, 1.82) is 0 Å². The molecule has 0 saturated heterocycles. The molecule has 0 aliphatic carbocycles. The molecule has 13 heavy (non-hydrogen) atoms. The summed E-state index contributed by atoms with van der Waals surface area (Å²) in [6, 6.07) is 0. The number of thiophene rings is 1. The molecule has 0 radical (unpaired) electrons. The van der Waals surface area contributed by atoms with Crippen molar-refractivity contribution in [3.05, 3.63) is 23.5 Å². The van der Waals surface area contributed by atoms with Crippen LogP contribution in [-0.4, -0.2) is 16.6 Å². The van der Waals surface area contributed by atoms with Gasteiger partial charge in [0.25, 0.3) is 0 Å². The molecule has 0 aromatic carbocycles. The maximum absolute atomic E-state index is 5.33. The summed E-state index contributed by atoms with van der Waals surface area (Å²) >= 11 is 1.66. The first kappa shape index (κ1) is 8.59. The van der Waals surface area contributed by atoms with Gasteiger partial charge in [0.1, 0.15) is 6.33 Å². The van der Waals surface area contributed by atoms with E-state index in [1.54, 1.807) is 17.7 Å². The molecule has 0 spiro atoms. The van der Waals surface area contributed by atoms with Gasteiger partial charge in [-0.25, -0.2) is 9.97 Å². The monoisotopic (exact) mass is 194 g/mol. The van der Waals surface area contributed by atoms with Crippen molar-refractivity contribution < 1.29 is 4.74 Å². The minimum Gasteiger partial charge on any atom is -0.377 e. The van der Waals surface area contributed by atoms with Crippen molar-refractivity contribution in [3.63, 3.8) is 0 Å². The van der Waals surface area contributed by atoms with E-state index in [4.69, 9.17) is 4.74 Å². The van der Waals surface area contributed by atoms with Gasteiger partial charge in [-0.2, -0.15) is 0 Å². The average Bonchev–Trinajstić information content (AvgIpc) is 2.58. The molecule has 0 atom stereocenters. The zero-order valence-corrected chi connectivity index (χ0v) is 8.17. The van der Waals surface area contributed by atoms with Crippen LogP contribution < -0.4 is 0 Å². The maximum Gasteiger partial charge on any atom is 0.116 e. The molecule has 2 aromatic heterocycles. The molecule has 0 bridgehead atoms. The maximum atomic E-state index is 5.33. The van der Waals surface area contributed by atoms with Crippen LogP contribution in [0.15, 0.2) is 17.9 Å². The van der Waals surface area contributed by atoms with Gasteiger partial charge in [0.15, 0.2) is 0 Å². The fourth-order valence-corrected chi connectivity index (χ4v) is 2.02. The van der Waals surface area contributed by atoms with E-state index in [-0.39, 0.29) is 0 Å². The quantitative estimate of drug-likeness (QED) is 0.751. The van der Waals surface area contributed by atoms with Crippen LogP contribution in [0.1, 0.15) is 12.5 Å². The molecule has 0 amide bonds. The Labute approximate surface area is 80.4 Å². The molecule has 2 aromatic rings. The molecule has 0 aliphatic rings. The van der Waals surface area contributed by atoms with Gasteiger partial charge in [0, 0.05) is 18.4 Å². The van der Waals surface area contributed by atoms with Crippen LogP contribution in [0.3, 0.4) is 0 Å². The number of ether oxygens (including phenoxy) is 1. The molecule has 0 fully saturated rings. The summed E-state index contributed by atoms with van der Waals surface area (Å²) in [6.07, 6.45) is 3.41. The van der Waals surface area contributed by atoms with E-state index >= 15 is 0 Å². The van der Waals surface area contributed by atoms with E-state index in [1.807, 2.05) is 13.1 Å². The zero-order chi connectivity index (χ0) is 9.10. The minimum atomic E-state index is 0.646. The van der Waals surface area contributed by atoms with Crippen LogP contribution in [-0.2, 0) is 11.3 Å². The Balaban J connectivity index is 2.35. The molecule has 0 aliphatic heterocycles. The van der Waals surface area contributed by atoms with Crippen molar-refractivity contribution in [2.24, 2.45) is 0 Å². The third-order valence-corrected chi connectivity index (χ3v) is 2.73. The number of nitrogens with zero attached hydrogens (tertiary/aromatic N) is 2. The van der Waals surface area contributed by atoms with E-state index in [2.05, 4.69) is 15.3 Å². The summed E-state index contributed by atoms with van der Waals surface area (Å²) in [4.78, 5) is 8.18. The van der Waals surface area contributed by atoms with Gasteiger partial charge in [0.2, 0.25) is 0 Å². The molecule has 2 heterocycles. The summed E-state index contributed by atoms with van der Waals surface area (Å²) < 4.78 is 6.45. The molecule has 2 rings (SSSR count). The highest BCUT2D eigenvalue weighted by atomic mass is 32.1. The Morgan fingerprint density at radius 3 is 3.31 bits per heavy atom. The molecule has 0 N–H and O–H groups in total. The van der Waals surface area contributed by atoms with Gasteiger partial charge in [-0.05, 0) is 12.3 Å². The lowest BCUT2D eigenvalue weighted by Gasteiger charge is -1.97. The second-order valence-corrected chi connectivity index (χ2v) is 3.54. The normalized spacial score (nSPS) is 10.8. The highest BCUT2D eigenvalue weighted by molar-refractivity contribution is 7.17. The predicted octanol–water partition coefficient (Wildman–Crippen LogP) is 2.23. The number of hydrogen-bond donors (Lipinski definition) is 0. The van der Waals surface area contributed by atoms with E-state index < -0.39 is 0 Å². The first-order valence-corrected chi connectivity index (χ1v) is 5.03. The van der Waals surface area contributed by atoms with E-state index in [0.717, 1.165) is 22.4 Å². The first-order valence-electron chi connectivity index (χ1n) is 4.15.